The molecule has 0 saturated heterocycles. The van der Waals surface area contributed by atoms with Gasteiger partial charge in [-0.2, -0.15) is 0 Å². The van der Waals surface area contributed by atoms with Crippen LogP contribution >= 0.6 is 0 Å². The minimum atomic E-state index is -0.346. The molecule has 0 aliphatic carbocycles. The molecule has 0 saturated carbocycles. The molecular weight excluding hydrogens is 342 g/mol. The number of hydrogen-bond acceptors (Lipinski definition) is 3. The Kier molecular flexibility index (Phi) is 6.71. The van der Waals surface area contributed by atoms with E-state index in [0.717, 1.165) is 5.56 Å². The lowest BCUT2D eigenvalue weighted by Gasteiger charge is -2.20. The van der Waals surface area contributed by atoms with E-state index in [9.17, 15) is 14.4 Å². The quantitative estimate of drug-likeness (QED) is 0.817. The van der Waals surface area contributed by atoms with Crippen molar-refractivity contribution in [1.29, 1.82) is 0 Å². The first-order chi connectivity index (χ1) is 12.9. The van der Waals surface area contributed by atoms with Crippen molar-refractivity contribution in [1.82, 2.24) is 4.90 Å². The third-order valence-corrected chi connectivity index (χ3v) is 4.27. The molecule has 0 heterocycles. The fourth-order valence-electron chi connectivity index (χ4n) is 2.74. The van der Waals surface area contributed by atoms with E-state index in [1.54, 1.807) is 47.4 Å². The molecule has 0 aliphatic rings. The van der Waals surface area contributed by atoms with Crippen LogP contribution in [0.5, 0.6) is 0 Å². The molecule has 6 heteroatoms. The van der Waals surface area contributed by atoms with Crippen molar-refractivity contribution in [3.8, 4) is 0 Å². The number of hydrogen-bond donors (Lipinski definition) is 2. The smallest absolute Gasteiger partial charge is 0.255 e. The fraction of sp³-hybridized carbons (Fsp3) is 0.286. The van der Waals surface area contributed by atoms with Gasteiger partial charge in [0.05, 0.1) is 11.3 Å². The van der Waals surface area contributed by atoms with Crippen LogP contribution in [0.2, 0.25) is 0 Å². The van der Waals surface area contributed by atoms with Gasteiger partial charge in [-0.1, -0.05) is 18.2 Å². The minimum Gasteiger partial charge on any atom is -0.339 e. The van der Waals surface area contributed by atoms with Crippen molar-refractivity contribution in [3.63, 3.8) is 0 Å². The van der Waals surface area contributed by atoms with Gasteiger partial charge in [-0.05, 0) is 50.6 Å². The second-order valence-electron chi connectivity index (χ2n) is 6.19. The van der Waals surface area contributed by atoms with E-state index in [-0.39, 0.29) is 17.7 Å². The summed E-state index contributed by atoms with van der Waals surface area (Å²) in [5, 5.41) is 5.52. The van der Waals surface area contributed by atoms with Gasteiger partial charge in [0, 0.05) is 31.3 Å². The monoisotopic (exact) mass is 367 g/mol. The van der Waals surface area contributed by atoms with E-state index in [1.807, 2.05) is 20.8 Å². The van der Waals surface area contributed by atoms with Crippen LogP contribution in [0.1, 0.15) is 47.1 Å². The molecule has 2 aromatic rings. The predicted octanol–water partition coefficient (Wildman–Crippen LogP) is 3.69. The fourth-order valence-corrected chi connectivity index (χ4v) is 2.74. The summed E-state index contributed by atoms with van der Waals surface area (Å²) in [4.78, 5) is 38.4. The van der Waals surface area contributed by atoms with Gasteiger partial charge in [0.2, 0.25) is 5.91 Å². The third kappa shape index (κ3) is 4.94. The van der Waals surface area contributed by atoms with E-state index in [2.05, 4.69) is 10.6 Å². The molecule has 0 radical (unpaired) electrons. The molecule has 0 unspecified atom stereocenters. The van der Waals surface area contributed by atoms with Crippen molar-refractivity contribution in [2.75, 3.05) is 23.7 Å². The van der Waals surface area contributed by atoms with Crippen LogP contribution in [-0.2, 0) is 4.79 Å². The van der Waals surface area contributed by atoms with Crippen LogP contribution in [0.25, 0.3) is 0 Å². The zero-order chi connectivity index (χ0) is 20.0. The predicted molar refractivity (Wildman–Crippen MR) is 107 cm³/mol. The number of para-hydroxylation sites is 1. The zero-order valence-corrected chi connectivity index (χ0v) is 16.1. The summed E-state index contributed by atoms with van der Waals surface area (Å²) in [6.45, 7) is 8.29. The second-order valence-corrected chi connectivity index (χ2v) is 6.19. The Morgan fingerprint density at radius 2 is 1.59 bits per heavy atom. The highest BCUT2D eigenvalue weighted by Crippen LogP contribution is 2.21. The average molecular weight is 367 g/mol. The Labute approximate surface area is 159 Å². The van der Waals surface area contributed by atoms with E-state index in [0.29, 0.717) is 35.6 Å². The maximum Gasteiger partial charge on any atom is 0.255 e. The number of rotatable bonds is 6. The molecule has 142 valence electrons. The Balaban J connectivity index is 2.29. The van der Waals surface area contributed by atoms with Crippen LogP contribution in [0, 0.1) is 6.92 Å². The molecule has 0 atom stereocenters. The number of nitrogens with zero attached hydrogens (tertiary/aromatic N) is 1. The SMILES string of the molecule is CCN(CC)C(=O)c1ccccc1NC(=O)c1ccc(C)c(NC(C)=O)c1. The highest BCUT2D eigenvalue weighted by molar-refractivity contribution is 6.09. The number of nitrogens with one attached hydrogen (secondary N) is 2. The summed E-state index contributed by atoms with van der Waals surface area (Å²) in [6.07, 6.45) is 0. The minimum absolute atomic E-state index is 0.126. The molecular formula is C21H25N3O3. The Morgan fingerprint density at radius 1 is 0.926 bits per heavy atom. The molecule has 3 amide bonds. The van der Waals surface area contributed by atoms with Gasteiger partial charge in [0.15, 0.2) is 0 Å². The molecule has 2 rings (SSSR count). The van der Waals surface area contributed by atoms with Gasteiger partial charge >= 0.3 is 0 Å². The molecule has 0 spiro atoms. The van der Waals surface area contributed by atoms with Crippen LogP contribution in [0.4, 0.5) is 11.4 Å². The van der Waals surface area contributed by atoms with Crippen molar-refractivity contribution in [2.24, 2.45) is 0 Å². The van der Waals surface area contributed by atoms with Gasteiger partial charge < -0.3 is 15.5 Å². The summed E-state index contributed by atoms with van der Waals surface area (Å²) < 4.78 is 0. The van der Waals surface area contributed by atoms with Gasteiger partial charge in [0.1, 0.15) is 0 Å². The van der Waals surface area contributed by atoms with Crippen molar-refractivity contribution >= 4 is 29.1 Å². The van der Waals surface area contributed by atoms with Gasteiger partial charge in [-0.25, -0.2) is 0 Å². The van der Waals surface area contributed by atoms with E-state index in [1.165, 1.54) is 6.92 Å². The largest absolute Gasteiger partial charge is 0.339 e. The number of carbonyl (C=O) groups excluding carboxylic acids is 3. The number of anilines is 2. The number of benzene rings is 2. The molecule has 0 aliphatic heterocycles. The van der Waals surface area contributed by atoms with Gasteiger partial charge in [-0.3, -0.25) is 14.4 Å². The lowest BCUT2D eigenvalue weighted by atomic mass is 10.1. The summed E-state index contributed by atoms with van der Waals surface area (Å²) in [5.41, 5.74) is 2.75. The topological polar surface area (TPSA) is 78.5 Å². The first kappa shape index (κ1) is 20.2. The Hall–Kier alpha value is -3.15. The third-order valence-electron chi connectivity index (χ3n) is 4.27. The molecule has 2 N–H and O–H groups in total. The first-order valence-corrected chi connectivity index (χ1v) is 8.95. The zero-order valence-electron chi connectivity index (χ0n) is 16.1. The average Bonchev–Trinajstić information content (AvgIpc) is 2.64. The molecule has 2 aromatic carbocycles. The standard InChI is InChI=1S/C21H25N3O3/c1-5-24(6-2)21(27)17-9-7-8-10-18(17)23-20(26)16-12-11-14(3)19(13-16)22-15(4)25/h7-13H,5-6H2,1-4H3,(H,22,25)(H,23,26). The van der Waals surface area contributed by atoms with Crippen molar-refractivity contribution in [3.05, 3.63) is 59.2 Å². The molecule has 6 nitrogen and oxygen atoms in total. The normalized spacial score (nSPS) is 10.2. The first-order valence-electron chi connectivity index (χ1n) is 8.95. The Morgan fingerprint density at radius 3 is 2.22 bits per heavy atom. The van der Waals surface area contributed by atoms with Crippen molar-refractivity contribution < 1.29 is 14.4 Å². The second kappa shape index (κ2) is 8.98. The molecule has 0 bridgehead atoms. The van der Waals surface area contributed by atoms with Gasteiger partial charge in [-0.15, -0.1) is 0 Å². The molecule has 0 aromatic heterocycles. The lowest BCUT2D eigenvalue weighted by Crippen LogP contribution is -2.31. The van der Waals surface area contributed by atoms with E-state index in [4.69, 9.17) is 0 Å². The van der Waals surface area contributed by atoms with E-state index >= 15 is 0 Å². The van der Waals surface area contributed by atoms with Crippen LogP contribution < -0.4 is 10.6 Å². The van der Waals surface area contributed by atoms with Crippen molar-refractivity contribution in [2.45, 2.75) is 27.7 Å². The number of amides is 3. The summed E-state index contributed by atoms with van der Waals surface area (Å²) in [6, 6.07) is 12.0. The van der Waals surface area contributed by atoms with Crippen LogP contribution in [-0.4, -0.2) is 35.7 Å². The Bertz CT molecular complexity index is 858. The lowest BCUT2D eigenvalue weighted by molar-refractivity contribution is -0.114. The number of aryl methyl sites for hydroxylation is 1. The molecule has 27 heavy (non-hydrogen) atoms. The highest BCUT2D eigenvalue weighted by Gasteiger charge is 2.18. The summed E-state index contributed by atoms with van der Waals surface area (Å²) in [5.74, 6) is -0.675. The molecule has 0 fully saturated rings. The number of carbonyl (C=O) groups is 3. The van der Waals surface area contributed by atoms with Gasteiger partial charge in [0.25, 0.3) is 11.8 Å². The highest BCUT2D eigenvalue weighted by atomic mass is 16.2. The summed E-state index contributed by atoms with van der Waals surface area (Å²) >= 11 is 0. The maximum absolute atomic E-state index is 12.7. The summed E-state index contributed by atoms with van der Waals surface area (Å²) in [7, 11) is 0. The van der Waals surface area contributed by atoms with Crippen LogP contribution in [0.15, 0.2) is 42.5 Å². The van der Waals surface area contributed by atoms with Crippen LogP contribution in [0.3, 0.4) is 0 Å². The van der Waals surface area contributed by atoms with E-state index < -0.39 is 0 Å². The maximum atomic E-state index is 12.7.